The molecule has 0 spiro atoms. The number of aromatic amines is 1. The second-order valence-corrected chi connectivity index (χ2v) is 7.97. The highest BCUT2D eigenvalue weighted by Gasteiger charge is 2.21. The van der Waals surface area contributed by atoms with Gasteiger partial charge < -0.3 is 16.0 Å². The van der Waals surface area contributed by atoms with Crippen LogP contribution in [0, 0.1) is 6.92 Å². The first-order chi connectivity index (χ1) is 15.2. The molecule has 0 fully saturated rings. The van der Waals surface area contributed by atoms with E-state index in [2.05, 4.69) is 10.3 Å². The summed E-state index contributed by atoms with van der Waals surface area (Å²) in [7, 11) is 0. The zero-order valence-electron chi connectivity index (χ0n) is 17.6. The minimum Gasteiger partial charge on any atom is -0.383 e. The maximum atomic E-state index is 12.7. The Hall–Kier alpha value is -3.23. The summed E-state index contributed by atoms with van der Waals surface area (Å²) in [5.41, 5.74) is 6.87. The number of hydrogen-bond donors (Lipinski definition) is 3. The SMILES string of the molecule is CCN(CC(=O)Nc1c(Cl)ccc(C)c1Cl)c1c(N)n(Cc2ccccc2)c(=O)[nH]c1=O. The molecule has 0 unspecified atom stereocenters. The number of nitrogens with two attached hydrogens (primary N) is 1. The van der Waals surface area contributed by atoms with Crippen molar-refractivity contribution in [3.05, 3.63) is 84.5 Å². The zero-order chi connectivity index (χ0) is 23.4. The Labute approximate surface area is 194 Å². The predicted octanol–water partition coefficient (Wildman–Crippen LogP) is 3.25. The summed E-state index contributed by atoms with van der Waals surface area (Å²) < 4.78 is 1.26. The molecular weight excluding hydrogens is 453 g/mol. The number of nitrogens with one attached hydrogen (secondary N) is 2. The van der Waals surface area contributed by atoms with E-state index in [1.807, 2.05) is 30.3 Å². The Bertz CT molecular complexity index is 1250. The minimum atomic E-state index is -0.668. The number of hydrogen-bond acceptors (Lipinski definition) is 5. The second kappa shape index (κ2) is 9.93. The van der Waals surface area contributed by atoms with Gasteiger partial charge >= 0.3 is 5.69 Å². The number of nitrogens with zero attached hydrogens (tertiary/aromatic N) is 2. The quantitative estimate of drug-likeness (QED) is 0.485. The van der Waals surface area contributed by atoms with Gasteiger partial charge in [0.15, 0.2) is 0 Å². The summed E-state index contributed by atoms with van der Waals surface area (Å²) in [6.45, 7) is 3.83. The molecule has 0 aliphatic carbocycles. The summed E-state index contributed by atoms with van der Waals surface area (Å²) in [4.78, 5) is 41.5. The van der Waals surface area contributed by atoms with Crippen molar-refractivity contribution in [2.24, 2.45) is 0 Å². The van der Waals surface area contributed by atoms with Gasteiger partial charge in [-0.2, -0.15) is 0 Å². The number of H-pyrrole nitrogens is 1. The maximum Gasteiger partial charge on any atom is 0.330 e. The van der Waals surface area contributed by atoms with Crippen LogP contribution in [0.15, 0.2) is 52.1 Å². The van der Waals surface area contributed by atoms with Crippen molar-refractivity contribution < 1.29 is 4.79 Å². The number of carbonyl (C=O) groups is 1. The molecule has 0 saturated carbocycles. The van der Waals surface area contributed by atoms with Gasteiger partial charge in [0.2, 0.25) is 5.91 Å². The molecule has 10 heteroatoms. The van der Waals surface area contributed by atoms with Crippen LogP contribution in [0.3, 0.4) is 0 Å². The average molecular weight is 476 g/mol. The molecule has 2 aromatic carbocycles. The fraction of sp³-hybridized carbons (Fsp3) is 0.227. The van der Waals surface area contributed by atoms with Crippen LogP contribution in [0.2, 0.25) is 10.0 Å². The van der Waals surface area contributed by atoms with Crippen LogP contribution in [0.5, 0.6) is 0 Å². The molecule has 0 aliphatic heterocycles. The van der Waals surface area contributed by atoms with Crippen molar-refractivity contribution in [3.8, 4) is 0 Å². The van der Waals surface area contributed by atoms with Gasteiger partial charge in [-0.25, -0.2) is 4.79 Å². The Morgan fingerprint density at radius 1 is 1.16 bits per heavy atom. The van der Waals surface area contributed by atoms with Crippen LogP contribution in [0.25, 0.3) is 0 Å². The highest BCUT2D eigenvalue weighted by Crippen LogP contribution is 2.33. The number of aromatic nitrogens is 2. The Morgan fingerprint density at radius 2 is 1.84 bits per heavy atom. The number of carbonyl (C=O) groups excluding carboxylic acids is 1. The van der Waals surface area contributed by atoms with Gasteiger partial charge in [-0.3, -0.25) is 19.1 Å². The number of rotatable bonds is 7. The third-order valence-corrected chi connectivity index (χ3v) is 5.78. The lowest BCUT2D eigenvalue weighted by molar-refractivity contribution is -0.115. The van der Waals surface area contributed by atoms with Crippen LogP contribution < -0.4 is 27.2 Å². The van der Waals surface area contributed by atoms with Gasteiger partial charge in [0.1, 0.15) is 11.5 Å². The Morgan fingerprint density at radius 3 is 2.50 bits per heavy atom. The zero-order valence-corrected chi connectivity index (χ0v) is 19.1. The summed E-state index contributed by atoms with van der Waals surface area (Å²) in [6.07, 6.45) is 0. The topological polar surface area (TPSA) is 113 Å². The number of nitrogen functional groups attached to an aromatic ring is 1. The molecule has 0 radical (unpaired) electrons. The lowest BCUT2D eigenvalue weighted by atomic mass is 10.2. The van der Waals surface area contributed by atoms with E-state index in [9.17, 15) is 14.4 Å². The minimum absolute atomic E-state index is 0.0242. The molecule has 32 heavy (non-hydrogen) atoms. The van der Waals surface area contributed by atoms with E-state index in [-0.39, 0.29) is 24.6 Å². The molecule has 1 aromatic heterocycles. The van der Waals surface area contributed by atoms with Gasteiger partial charge in [-0.05, 0) is 31.0 Å². The number of aryl methyl sites for hydroxylation is 1. The van der Waals surface area contributed by atoms with Crippen molar-refractivity contribution in [3.63, 3.8) is 0 Å². The van der Waals surface area contributed by atoms with Crippen LogP contribution in [0.1, 0.15) is 18.1 Å². The highest BCUT2D eigenvalue weighted by atomic mass is 35.5. The lowest BCUT2D eigenvalue weighted by Crippen LogP contribution is -2.41. The molecule has 0 bridgehead atoms. The first-order valence-corrected chi connectivity index (χ1v) is 10.6. The monoisotopic (exact) mass is 475 g/mol. The molecule has 3 rings (SSSR count). The largest absolute Gasteiger partial charge is 0.383 e. The Balaban J connectivity index is 1.91. The fourth-order valence-corrected chi connectivity index (χ4v) is 3.74. The van der Waals surface area contributed by atoms with Crippen molar-refractivity contribution in [2.45, 2.75) is 20.4 Å². The molecular formula is C22H23Cl2N5O3. The molecule has 4 N–H and O–H groups in total. The second-order valence-electron chi connectivity index (χ2n) is 7.18. The summed E-state index contributed by atoms with van der Waals surface area (Å²) >= 11 is 12.4. The molecule has 3 aromatic rings. The van der Waals surface area contributed by atoms with Gasteiger partial charge in [0.25, 0.3) is 5.56 Å². The third kappa shape index (κ3) is 4.98. The molecule has 0 atom stereocenters. The summed E-state index contributed by atoms with van der Waals surface area (Å²) in [6, 6.07) is 12.6. The molecule has 1 amide bonds. The van der Waals surface area contributed by atoms with Crippen LogP contribution in [0.4, 0.5) is 17.2 Å². The summed E-state index contributed by atoms with van der Waals surface area (Å²) in [5.74, 6) is -0.468. The third-order valence-electron chi connectivity index (χ3n) is 4.98. The van der Waals surface area contributed by atoms with Gasteiger partial charge in [0.05, 0.1) is 28.8 Å². The van der Waals surface area contributed by atoms with E-state index in [1.165, 1.54) is 9.47 Å². The van der Waals surface area contributed by atoms with Gasteiger partial charge in [0, 0.05) is 6.54 Å². The van der Waals surface area contributed by atoms with Crippen molar-refractivity contribution in [1.82, 2.24) is 9.55 Å². The van der Waals surface area contributed by atoms with Gasteiger partial charge in [-0.15, -0.1) is 0 Å². The number of likely N-dealkylation sites (N-methyl/N-ethyl adjacent to an activating group) is 1. The molecule has 1 heterocycles. The molecule has 0 saturated heterocycles. The van der Waals surface area contributed by atoms with E-state index in [0.717, 1.165) is 11.1 Å². The standard InChI is InChI=1S/C22H23Cl2N5O3/c1-3-28(12-16(30)26-18-15(23)10-9-13(2)17(18)24)19-20(25)29(22(32)27-21(19)31)11-14-7-5-4-6-8-14/h4-10H,3,11-12,25H2,1-2H3,(H,26,30)(H,27,31,32). The van der Waals surface area contributed by atoms with Crippen molar-refractivity contribution >= 4 is 46.3 Å². The normalized spacial score (nSPS) is 10.8. The highest BCUT2D eigenvalue weighted by molar-refractivity contribution is 6.40. The van der Waals surface area contributed by atoms with Crippen molar-refractivity contribution in [2.75, 3.05) is 29.0 Å². The van der Waals surface area contributed by atoms with Crippen LogP contribution >= 0.6 is 23.2 Å². The van der Waals surface area contributed by atoms with E-state index < -0.39 is 17.2 Å². The number of benzene rings is 2. The predicted molar refractivity (Wildman–Crippen MR) is 129 cm³/mol. The van der Waals surface area contributed by atoms with Gasteiger partial charge in [-0.1, -0.05) is 59.6 Å². The number of amides is 1. The molecule has 8 nitrogen and oxygen atoms in total. The van der Waals surface area contributed by atoms with Crippen LogP contribution in [-0.4, -0.2) is 28.5 Å². The van der Waals surface area contributed by atoms with E-state index >= 15 is 0 Å². The lowest BCUT2D eigenvalue weighted by Gasteiger charge is -2.24. The van der Waals surface area contributed by atoms with E-state index in [4.69, 9.17) is 28.9 Å². The first-order valence-electron chi connectivity index (χ1n) is 9.88. The van der Waals surface area contributed by atoms with E-state index in [1.54, 1.807) is 26.0 Å². The number of anilines is 3. The Kier molecular flexibility index (Phi) is 7.27. The molecule has 0 aliphatic rings. The summed E-state index contributed by atoms with van der Waals surface area (Å²) in [5, 5.41) is 3.33. The van der Waals surface area contributed by atoms with Crippen molar-refractivity contribution in [1.29, 1.82) is 0 Å². The van der Waals surface area contributed by atoms with E-state index in [0.29, 0.717) is 22.3 Å². The maximum absolute atomic E-state index is 12.7. The number of halogens is 2. The smallest absolute Gasteiger partial charge is 0.330 e. The first kappa shape index (κ1) is 23.4. The van der Waals surface area contributed by atoms with Crippen LogP contribution in [-0.2, 0) is 11.3 Å². The molecule has 168 valence electrons. The fourth-order valence-electron chi connectivity index (χ4n) is 3.28. The average Bonchev–Trinajstić information content (AvgIpc) is 2.76.